The van der Waals surface area contributed by atoms with Gasteiger partial charge in [-0.15, -0.1) is 0 Å². The molecular weight excluding hydrogens is 272 g/mol. The first-order valence-corrected chi connectivity index (χ1v) is 7.49. The normalized spacial score (nSPS) is 20.3. The van der Waals surface area contributed by atoms with E-state index in [9.17, 15) is 10.2 Å². The standard InChI is InChI=1S/C20H14O2/c21-19-15-7-3-5-12-10-16-13-6-2-1-4-11(13)8-9-14(16)18(17(12)15)20(19)22/h1-10,19-22H/t19-,20-/m0/s1. The fraction of sp³-hybridized carbons (Fsp3) is 0.100. The van der Waals surface area contributed by atoms with Crippen LogP contribution in [0.1, 0.15) is 23.3 Å². The van der Waals surface area contributed by atoms with Crippen LogP contribution in [0.5, 0.6) is 0 Å². The molecule has 0 aliphatic heterocycles. The van der Waals surface area contributed by atoms with E-state index >= 15 is 0 Å². The Kier molecular flexibility index (Phi) is 2.25. The van der Waals surface area contributed by atoms with Crippen molar-refractivity contribution in [1.29, 1.82) is 0 Å². The summed E-state index contributed by atoms with van der Waals surface area (Å²) in [4.78, 5) is 0. The van der Waals surface area contributed by atoms with Gasteiger partial charge >= 0.3 is 0 Å². The Labute approximate surface area is 127 Å². The van der Waals surface area contributed by atoms with Crippen molar-refractivity contribution in [3.8, 4) is 0 Å². The second-order valence-corrected chi connectivity index (χ2v) is 6.01. The molecule has 0 amide bonds. The Balaban J connectivity index is 2.08. The van der Waals surface area contributed by atoms with E-state index in [1.807, 2.05) is 30.3 Å². The van der Waals surface area contributed by atoms with Gasteiger partial charge in [0.2, 0.25) is 0 Å². The number of rotatable bonds is 0. The van der Waals surface area contributed by atoms with Crippen molar-refractivity contribution >= 4 is 32.3 Å². The molecule has 2 atom stereocenters. The summed E-state index contributed by atoms with van der Waals surface area (Å²) in [5.41, 5.74) is 1.69. The first-order chi connectivity index (χ1) is 10.8. The maximum atomic E-state index is 10.6. The fourth-order valence-corrected chi connectivity index (χ4v) is 3.88. The van der Waals surface area contributed by atoms with Crippen molar-refractivity contribution < 1.29 is 10.2 Å². The molecule has 0 unspecified atom stereocenters. The van der Waals surface area contributed by atoms with Crippen LogP contribution in [-0.2, 0) is 0 Å². The molecule has 0 heterocycles. The molecule has 4 aromatic rings. The van der Waals surface area contributed by atoms with Gasteiger partial charge in [0, 0.05) is 0 Å². The molecule has 0 saturated carbocycles. The molecule has 1 aliphatic carbocycles. The lowest BCUT2D eigenvalue weighted by molar-refractivity contribution is 0.0261. The maximum absolute atomic E-state index is 10.6. The van der Waals surface area contributed by atoms with Gasteiger partial charge in [-0.05, 0) is 49.5 Å². The Morgan fingerprint density at radius 3 is 2.36 bits per heavy atom. The number of aliphatic hydroxyl groups excluding tert-OH is 2. The van der Waals surface area contributed by atoms with Gasteiger partial charge in [-0.2, -0.15) is 0 Å². The van der Waals surface area contributed by atoms with Gasteiger partial charge in [-0.1, -0.05) is 54.6 Å². The molecule has 4 aromatic carbocycles. The zero-order chi connectivity index (χ0) is 14.8. The van der Waals surface area contributed by atoms with Crippen LogP contribution >= 0.6 is 0 Å². The first-order valence-electron chi connectivity index (χ1n) is 7.49. The molecule has 0 aromatic heterocycles. The van der Waals surface area contributed by atoms with Gasteiger partial charge in [0.05, 0.1) is 0 Å². The summed E-state index contributed by atoms with van der Waals surface area (Å²) in [6, 6.07) is 20.5. The van der Waals surface area contributed by atoms with Gasteiger partial charge < -0.3 is 10.2 Å². The van der Waals surface area contributed by atoms with E-state index in [0.717, 1.165) is 32.7 Å². The molecule has 5 rings (SSSR count). The zero-order valence-corrected chi connectivity index (χ0v) is 11.8. The van der Waals surface area contributed by atoms with Gasteiger partial charge in [-0.25, -0.2) is 0 Å². The Morgan fingerprint density at radius 1 is 0.636 bits per heavy atom. The minimum absolute atomic E-state index is 0.829. The Morgan fingerprint density at radius 2 is 1.45 bits per heavy atom. The molecule has 0 bridgehead atoms. The molecule has 1 aliphatic rings. The van der Waals surface area contributed by atoms with E-state index in [4.69, 9.17) is 0 Å². The molecular formula is C20H14O2. The lowest BCUT2D eigenvalue weighted by Gasteiger charge is -2.13. The molecule has 106 valence electrons. The summed E-state index contributed by atoms with van der Waals surface area (Å²) in [5, 5.41) is 27.5. The average molecular weight is 286 g/mol. The number of aliphatic hydroxyl groups is 2. The lowest BCUT2D eigenvalue weighted by atomic mass is 9.94. The summed E-state index contributed by atoms with van der Waals surface area (Å²) < 4.78 is 0. The summed E-state index contributed by atoms with van der Waals surface area (Å²) in [5.74, 6) is 0. The van der Waals surface area contributed by atoms with E-state index in [1.54, 1.807) is 0 Å². The highest BCUT2D eigenvalue weighted by Crippen LogP contribution is 2.48. The van der Waals surface area contributed by atoms with Crippen LogP contribution in [0, 0.1) is 0 Å². The molecule has 2 N–H and O–H groups in total. The highest BCUT2D eigenvalue weighted by Gasteiger charge is 2.33. The highest BCUT2D eigenvalue weighted by atomic mass is 16.3. The van der Waals surface area contributed by atoms with Crippen molar-refractivity contribution in [2.45, 2.75) is 12.2 Å². The topological polar surface area (TPSA) is 40.5 Å². The van der Waals surface area contributed by atoms with E-state index in [-0.39, 0.29) is 0 Å². The van der Waals surface area contributed by atoms with Crippen LogP contribution < -0.4 is 0 Å². The van der Waals surface area contributed by atoms with E-state index in [1.165, 1.54) is 10.8 Å². The molecule has 2 heteroatoms. The third kappa shape index (κ3) is 1.36. The van der Waals surface area contributed by atoms with E-state index in [0.29, 0.717) is 0 Å². The number of fused-ring (bicyclic) bond motifs is 4. The Bertz CT molecular complexity index is 1070. The summed E-state index contributed by atoms with van der Waals surface area (Å²) in [7, 11) is 0. The number of hydrogen-bond donors (Lipinski definition) is 2. The van der Waals surface area contributed by atoms with Gasteiger partial charge in [-0.3, -0.25) is 0 Å². The maximum Gasteiger partial charge on any atom is 0.110 e. The monoisotopic (exact) mass is 286 g/mol. The van der Waals surface area contributed by atoms with Gasteiger partial charge in [0.15, 0.2) is 0 Å². The van der Waals surface area contributed by atoms with Crippen molar-refractivity contribution in [2.75, 3.05) is 0 Å². The van der Waals surface area contributed by atoms with Crippen LogP contribution in [0.2, 0.25) is 0 Å². The van der Waals surface area contributed by atoms with Crippen molar-refractivity contribution in [1.82, 2.24) is 0 Å². The SMILES string of the molecule is O[C@H]1c2cccc3cc4c(ccc5ccccc54)c(c23)[C@@H]1O. The average Bonchev–Trinajstić information content (AvgIpc) is 2.82. The third-order valence-corrected chi connectivity index (χ3v) is 4.87. The molecule has 0 fully saturated rings. The molecule has 0 spiro atoms. The van der Waals surface area contributed by atoms with Crippen LogP contribution in [0.25, 0.3) is 32.3 Å². The van der Waals surface area contributed by atoms with Crippen LogP contribution in [0.15, 0.2) is 60.7 Å². The predicted octanol–water partition coefficient (Wildman–Crippen LogP) is 4.23. The molecule has 22 heavy (non-hydrogen) atoms. The van der Waals surface area contributed by atoms with Gasteiger partial charge in [0.1, 0.15) is 12.2 Å². The van der Waals surface area contributed by atoms with Crippen LogP contribution in [-0.4, -0.2) is 10.2 Å². The quantitative estimate of drug-likeness (QED) is 0.375. The summed E-state index contributed by atoms with van der Waals surface area (Å²) in [6.07, 6.45) is -1.69. The van der Waals surface area contributed by atoms with Gasteiger partial charge in [0.25, 0.3) is 0 Å². The minimum Gasteiger partial charge on any atom is -0.385 e. The van der Waals surface area contributed by atoms with Crippen LogP contribution in [0.4, 0.5) is 0 Å². The number of hydrogen-bond acceptors (Lipinski definition) is 2. The highest BCUT2D eigenvalue weighted by molar-refractivity contribution is 6.15. The molecule has 0 saturated heterocycles. The lowest BCUT2D eigenvalue weighted by Crippen LogP contribution is -2.03. The van der Waals surface area contributed by atoms with Crippen molar-refractivity contribution in [3.63, 3.8) is 0 Å². The van der Waals surface area contributed by atoms with Crippen molar-refractivity contribution in [3.05, 3.63) is 71.8 Å². The summed E-state index contributed by atoms with van der Waals surface area (Å²) >= 11 is 0. The zero-order valence-electron chi connectivity index (χ0n) is 11.8. The largest absolute Gasteiger partial charge is 0.385 e. The van der Waals surface area contributed by atoms with E-state index in [2.05, 4.69) is 30.3 Å². The predicted molar refractivity (Wildman–Crippen MR) is 88.9 cm³/mol. The van der Waals surface area contributed by atoms with Crippen molar-refractivity contribution in [2.24, 2.45) is 0 Å². The Hall–Kier alpha value is -2.42. The third-order valence-electron chi connectivity index (χ3n) is 4.87. The van der Waals surface area contributed by atoms with E-state index < -0.39 is 12.2 Å². The fourth-order valence-electron chi connectivity index (χ4n) is 3.88. The molecule has 2 nitrogen and oxygen atoms in total. The second-order valence-electron chi connectivity index (χ2n) is 6.01. The van der Waals surface area contributed by atoms with Crippen LogP contribution in [0.3, 0.4) is 0 Å². The smallest absolute Gasteiger partial charge is 0.110 e. The first kappa shape index (κ1) is 12.2. The molecule has 0 radical (unpaired) electrons. The number of benzene rings is 4. The summed E-state index contributed by atoms with van der Waals surface area (Å²) in [6.45, 7) is 0. The minimum atomic E-state index is -0.857. The second kappa shape index (κ2) is 4.07.